The van der Waals surface area contributed by atoms with Crippen LogP contribution >= 0.6 is 11.6 Å². The van der Waals surface area contributed by atoms with Crippen LogP contribution in [0.5, 0.6) is 17.2 Å². The maximum Gasteiger partial charge on any atom is 0.343 e. The van der Waals surface area contributed by atoms with E-state index in [-0.39, 0.29) is 11.5 Å². The third-order valence-electron chi connectivity index (χ3n) is 4.06. The van der Waals surface area contributed by atoms with Gasteiger partial charge in [-0.15, -0.1) is 0 Å². The molecule has 3 aromatic rings. The molecule has 0 aliphatic carbocycles. The van der Waals surface area contributed by atoms with Crippen LogP contribution in [0.15, 0.2) is 71.8 Å². The number of rotatable bonds is 7. The highest BCUT2D eigenvalue weighted by Gasteiger charge is 2.13. The second-order valence-corrected chi connectivity index (χ2v) is 6.72. The first-order chi connectivity index (χ1) is 15.0. The van der Waals surface area contributed by atoms with Gasteiger partial charge in [-0.25, -0.2) is 10.2 Å². The molecule has 0 fully saturated rings. The van der Waals surface area contributed by atoms with Crippen molar-refractivity contribution in [3.63, 3.8) is 0 Å². The maximum absolute atomic E-state index is 12.4. The summed E-state index contributed by atoms with van der Waals surface area (Å²) >= 11 is 5.84. The first-order valence-corrected chi connectivity index (χ1v) is 9.71. The average Bonchev–Trinajstić information content (AvgIpc) is 2.76. The van der Waals surface area contributed by atoms with Crippen LogP contribution in [0.4, 0.5) is 0 Å². The standard InChI is InChI=1S/C23H19ClN2O5/c1-2-30-21-13-15(14-25-26-22(28)16-6-10-19(27)11-7-16)3-12-20(21)31-23(29)17-4-8-18(24)9-5-17/h3-14,27H,2H2,1H3,(H,26,28)/b25-14+. The number of aromatic hydroxyl groups is 1. The van der Waals surface area contributed by atoms with Crippen LogP contribution in [0, 0.1) is 0 Å². The number of nitrogens with zero attached hydrogens (tertiary/aromatic N) is 1. The fourth-order valence-electron chi connectivity index (χ4n) is 2.55. The summed E-state index contributed by atoms with van der Waals surface area (Å²) in [5.41, 5.74) is 3.74. The summed E-state index contributed by atoms with van der Waals surface area (Å²) in [6, 6.07) is 17.0. The first kappa shape index (κ1) is 21.9. The van der Waals surface area contributed by atoms with E-state index in [1.807, 2.05) is 6.92 Å². The Balaban J connectivity index is 1.69. The van der Waals surface area contributed by atoms with Crippen molar-refractivity contribution in [3.8, 4) is 17.2 Å². The van der Waals surface area contributed by atoms with Crippen LogP contribution < -0.4 is 14.9 Å². The van der Waals surface area contributed by atoms with Gasteiger partial charge in [0.1, 0.15) is 5.75 Å². The Bertz CT molecular complexity index is 1100. The van der Waals surface area contributed by atoms with Gasteiger partial charge in [0.15, 0.2) is 11.5 Å². The molecule has 0 spiro atoms. The van der Waals surface area contributed by atoms with Crippen LogP contribution in [0.3, 0.4) is 0 Å². The minimum absolute atomic E-state index is 0.0698. The van der Waals surface area contributed by atoms with Crippen molar-refractivity contribution in [1.82, 2.24) is 5.43 Å². The molecule has 7 nitrogen and oxygen atoms in total. The molecule has 0 heterocycles. The van der Waals surface area contributed by atoms with Crippen LogP contribution in [0.1, 0.15) is 33.2 Å². The van der Waals surface area contributed by atoms with E-state index < -0.39 is 11.9 Å². The molecule has 0 aromatic heterocycles. The highest BCUT2D eigenvalue weighted by molar-refractivity contribution is 6.30. The highest BCUT2D eigenvalue weighted by Crippen LogP contribution is 2.29. The number of hydrogen-bond acceptors (Lipinski definition) is 6. The normalized spacial score (nSPS) is 10.6. The molecule has 31 heavy (non-hydrogen) atoms. The third kappa shape index (κ3) is 6.07. The largest absolute Gasteiger partial charge is 0.508 e. The van der Waals surface area contributed by atoms with E-state index in [2.05, 4.69) is 10.5 Å². The van der Waals surface area contributed by atoms with Crippen molar-refractivity contribution in [2.24, 2.45) is 5.10 Å². The number of carbonyl (C=O) groups is 2. The Kier molecular flexibility index (Phi) is 7.24. The molecule has 0 unspecified atom stereocenters. The number of phenolic OH excluding ortho intramolecular Hbond substituents is 1. The molecule has 0 bridgehead atoms. The van der Waals surface area contributed by atoms with Crippen molar-refractivity contribution in [2.75, 3.05) is 6.61 Å². The SMILES string of the molecule is CCOc1cc(/C=N/NC(=O)c2ccc(O)cc2)ccc1OC(=O)c1ccc(Cl)cc1. The molecule has 0 saturated heterocycles. The summed E-state index contributed by atoms with van der Waals surface area (Å²) in [6.45, 7) is 2.17. The topological polar surface area (TPSA) is 97.2 Å². The highest BCUT2D eigenvalue weighted by atomic mass is 35.5. The number of phenols is 1. The molecular formula is C23H19ClN2O5. The second kappa shape index (κ2) is 10.3. The Morgan fingerprint density at radius 3 is 2.35 bits per heavy atom. The zero-order valence-corrected chi connectivity index (χ0v) is 17.3. The summed E-state index contributed by atoms with van der Waals surface area (Å²) in [6.07, 6.45) is 1.44. The Morgan fingerprint density at radius 2 is 1.68 bits per heavy atom. The Hall–Kier alpha value is -3.84. The molecule has 0 saturated carbocycles. The summed E-state index contributed by atoms with van der Waals surface area (Å²) < 4.78 is 11.0. The maximum atomic E-state index is 12.4. The zero-order chi connectivity index (χ0) is 22.2. The number of esters is 1. The predicted molar refractivity (Wildman–Crippen MR) is 117 cm³/mol. The second-order valence-electron chi connectivity index (χ2n) is 6.28. The Labute approximate surface area is 183 Å². The van der Waals surface area contributed by atoms with E-state index in [0.717, 1.165) is 0 Å². The molecule has 8 heteroatoms. The van der Waals surface area contributed by atoms with Gasteiger partial charge in [0.05, 0.1) is 18.4 Å². The summed E-state index contributed by atoms with van der Waals surface area (Å²) in [7, 11) is 0. The lowest BCUT2D eigenvalue weighted by Gasteiger charge is -2.11. The fraction of sp³-hybridized carbons (Fsp3) is 0.0870. The number of hydrogen-bond donors (Lipinski definition) is 2. The lowest BCUT2D eigenvalue weighted by Crippen LogP contribution is -2.17. The summed E-state index contributed by atoms with van der Waals surface area (Å²) in [5, 5.41) is 13.7. The molecule has 158 valence electrons. The quantitative estimate of drug-likeness (QED) is 0.246. The number of carbonyl (C=O) groups excluding carboxylic acids is 2. The van der Waals surface area contributed by atoms with Crippen LogP contribution in [-0.2, 0) is 0 Å². The van der Waals surface area contributed by atoms with E-state index in [4.69, 9.17) is 21.1 Å². The number of amides is 1. The number of benzene rings is 3. The minimum atomic E-state index is -0.541. The number of ether oxygens (including phenoxy) is 2. The molecule has 1 amide bonds. The molecule has 0 aliphatic heterocycles. The predicted octanol–water partition coefficient (Wildman–Crippen LogP) is 4.43. The van der Waals surface area contributed by atoms with E-state index in [1.54, 1.807) is 42.5 Å². The van der Waals surface area contributed by atoms with Crippen molar-refractivity contribution in [1.29, 1.82) is 0 Å². The lowest BCUT2D eigenvalue weighted by molar-refractivity contribution is 0.0728. The third-order valence-corrected chi connectivity index (χ3v) is 4.31. The van der Waals surface area contributed by atoms with E-state index in [0.29, 0.717) is 34.1 Å². The van der Waals surface area contributed by atoms with Crippen molar-refractivity contribution >= 4 is 29.7 Å². The Morgan fingerprint density at radius 1 is 1.00 bits per heavy atom. The molecular weight excluding hydrogens is 420 g/mol. The minimum Gasteiger partial charge on any atom is -0.508 e. The van der Waals surface area contributed by atoms with Crippen LogP contribution in [-0.4, -0.2) is 29.8 Å². The van der Waals surface area contributed by atoms with E-state index in [1.165, 1.54) is 30.5 Å². The van der Waals surface area contributed by atoms with Gasteiger partial charge >= 0.3 is 5.97 Å². The van der Waals surface area contributed by atoms with E-state index >= 15 is 0 Å². The van der Waals surface area contributed by atoms with Gasteiger partial charge in [-0.2, -0.15) is 5.10 Å². The van der Waals surface area contributed by atoms with Crippen LogP contribution in [0.25, 0.3) is 0 Å². The fourth-order valence-corrected chi connectivity index (χ4v) is 2.67. The van der Waals surface area contributed by atoms with Gasteiger partial charge in [-0.05, 0) is 79.2 Å². The molecule has 0 atom stereocenters. The molecule has 0 aliphatic rings. The summed E-state index contributed by atoms with van der Waals surface area (Å²) in [5.74, 6) is -0.277. The van der Waals surface area contributed by atoms with Gasteiger partial charge in [0.25, 0.3) is 5.91 Å². The molecule has 0 radical (unpaired) electrons. The molecule has 3 rings (SSSR count). The van der Waals surface area contributed by atoms with Gasteiger partial charge < -0.3 is 14.6 Å². The van der Waals surface area contributed by atoms with Crippen molar-refractivity contribution in [3.05, 3.63) is 88.4 Å². The number of nitrogens with one attached hydrogen (secondary N) is 1. The van der Waals surface area contributed by atoms with E-state index in [9.17, 15) is 14.7 Å². The van der Waals surface area contributed by atoms with Gasteiger partial charge in [0.2, 0.25) is 0 Å². The smallest absolute Gasteiger partial charge is 0.343 e. The van der Waals surface area contributed by atoms with Crippen molar-refractivity contribution < 1.29 is 24.2 Å². The van der Waals surface area contributed by atoms with Gasteiger partial charge in [-0.3, -0.25) is 4.79 Å². The van der Waals surface area contributed by atoms with Crippen LogP contribution in [0.2, 0.25) is 5.02 Å². The van der Waals surface area contributed by atoms with Crippen molar-refractivity contribution in [2.45, 2.75) is 6.92 Å². The lowest BCUT2D eigenvalue weighted by atomic mass is 10.2. The summed E-state index contributed by atoms with van der Waals surface area (Å²) in [4.78, 5) is 24.4. The zero-order valence-electron chi connectivity index (χ0n) is 16.5. The molecule has 3 aromatic carbocycles. The first-order valence-electron chi connectivity index (χ1n) is 9.33. The molecule has 2 N–H and O–H groups in total. The number of hydrazone groups is 1. The van der Waals surface area contributed by atoms with Gasteiger partial charge in [0, 0.05) is 10.6 Å². The van der Waals surface area contributed by atoms with Gasteiger partial charge in [-0.1, -0.05) is 11.6 Å². The number of halogens is 1. The average molecular weight is 439 g/mol. The monoisotopic (exact) mass is 438 g/mol.